The van der Waals surface area contributed by atoms with Crippen LogP contribution in [0.5, 0.6) is 11.5 Å². The third kappa shape index (κ3) is 3.07. The van der Waals surface area contributed by atoms with Crippen molar-refractivity contribution in [3.63, 3.8) is 0 Å². The van der Waals surface area contributed by atoms with Crippen LogP contribution in [0.2, 0.25) is 0 Å². The lowest BCUT2D eigenvalue weighted by Crippen LogP contribution is -2.11. The van der Waals surface area contributed by atoms with Crippen molar-refractivity contribution in [2.24, 2.45) is 0 Å². The number of anilines is 1. The van der Waals surface area contributed by atoms with Crippen LogP contribution in [0, 0.1) is 0 Å². The summed E-state index contributed by atoms with van der Waals surface area (Å²) in [7, 11) is 1.66. The molecule has 1 aliphatic carbocycles. The second-order valence-electron chi connectivity index (χ2n) is 5.22. The molecule has 1 aromatic carbocycles. The molecule has 0 saturated heterocycles. The third-order valence-corrected chi connectivity index (χ3v) is 3.76. The molecule has 5 heteroatoms. The number of nitrogens with two attached hydrogens (primary N) is 1. The zero-order chi connectivity index (χ0) is 14.7. The summed E-state index contributed by atoms with van der Waals surface area (Å²) in [6, 6.07) is 5.86. The Morgan fingerprint density at radius 1 is 1.05 bits per heavy atom. The lowest BCUT2D eigenvalue weighted by Gasteiger charge is -2.16. The van der Waals surface area contributed by atoms with Crippen molar-refractivity contribution in [3.05, 3.63) is 30.6 Å². The number of hydrogen-bond acceptors (Lipinski definition) is 5. The number of nitrogen functional groups attached to an aromatic ring is 1. The molecule has 1 heterocycles. The molecule has 0 unspecified atom stereocenters. The standard InChI is InChI=1S/C16H19N3O2/c1-20-14-7-6-11(12-9-18-16(17)19-10-12)8-15(14)21-13-4-2-3-5-13/h6-10,13H,2-5H2,1H3,(H2,17,18,19). The van der Waals surface area contributed by atoms with Gasteiger partial charge in [-0.2, -0.15) is 0 Å². The summed E-state index contributed by atoms with van der Waals surface area (Å²) in [5, 5.41) is 0. The zero-order valence-electron chi connectivity index (χ0n) is 12.1. The first kappa shape index (κ1) is 13.7. The van der Waals surface area contributed by atoms with Crippen molar-refractivity contribution >= 4 is 5.95 Å². The minimum atomic E-state index is 0.273. The Bertz CT molecular complexity index is 607. The van der Waals surface area contributed by atoms with E-state index in [1.54, 1.807) is 19.5 Å². The highest BCUT2D eigenvalue weighted by Gasteiger charge is 2.18. The molecule has 110 valence electrons. The Morgan fingerprint density at radius 3 is 2.43 bits per heavy atom. The van der Waals surface area contributed by atoms with Gasteiger partial charge in [0.25, 0.3) is 0 Å². The molecule has 0 bridgehead atoms. The maximum Gasteiger partial charge on any atom is 0.219 e. The van der Waals surface area contributed by atoms with Gasteiger partial charge in [0.1, 0.15) is 0 Å². The maximum absolute atomic E-state index is 6.09. The van der Waals surface area contributed by atoms with Gasteiger partial charge < -0.3 is 15.2 Å². The fraction of sp³-hybridized carbons (Fsp3) is 0.375. The highest BCUT2D eigenvalue weighted by atomic mass is 16.5. The van der Waals surface area contributed by atoms with Gasteiger partial charge in [-0.15, -0.1) is 0 Å². The van der Waals surface area contributed by atoms with Crippen molar-refractivity contribution in [1.29, 1.82) is 0 Å². The first-order valence-electron chi connectivity index (χ1n) is 7.19. The molecule has 0 aliphatic heterocycles. The van der Waals surface area contributed by atoms with Gasteiger partial charge in [0.2, 0.25) is 5.95 Å². The normalized spacial score (nSPS) is 15.1. The van der Waals surface area contributed by atoms with Crippen LogP contribution in [0.25, 0.3) is 11.1 Å². The Balaban J connectivity index is 1.89. The molecule has 5 nitrogen and oxygen atoms in total. The lowest BCUT2D eigenvalue weighted by molar-refractivity contribution is 0.201. The topological polar surface area (TPSA) is 70.3 Å². The van der Waals surface area contributed by atoms with E-state index in [0.717, 1.165) is 35.5 Å². The van der Waals surface area contributed by atoms with E-state index >= 15 is 0 Å². The van der Waals surface area contributed by atoms with Crippen LogP contribution in [0.4, 0.5) is 5.95 Å². The first-order valence-corrected chi connectivity index (χ1v) is 7.19. The third-order valence-electron chi connectivity index (χ3n) is 3.76. The van der Waals surface area contributed by atoms with Gasteiger partial charge in [0, 0.05) is 18.0 Å². The minimum absolute atomic E-state index is 0.273. The molecule has 1 aliphatic rings. The Morgan fingerprint density at radius 2 is 1.76 bits per heavy atom. The highest BCUT2D eigenvalue weighted by molar-refractivity contribution is 5.66. The van der Waals surface area contributed by atoms with E-state index in [1.165, 1.54) is 12.8 Å². The Labute approximate surface area is 124 Å². The van der Waals surface area contributed by atoms with Gasteiger partial charge in [0.05, 0.1) is 13.2 Å². The monoisotopic (exact) mass is 285 g/mol. The van der Waals surface area contributed by atoms with Gasteiger partial charge in [-0.05, 0) is 43.4 Å². The molecule has 1 fully saturated rings. The van der Waals surface area contributed by atoms with Crippen molar-refractivity contribution in [1.82, 2.24) is 9.97 Å². The summed E-state index contributed by atoms with van der Waals surface area (Å²) >= 11 is 0. The molecule has 1 saturated carbocycles. The fourth-order valence-corrected chi connectivity index (χ4v) is 2.62. The average Bonchev–Trinajstić information content (AvgIpc) is 3.01. The number of nitrogens with zero attached hydrogens (tertiary/aromatic N) is 2. The predicted octanol–water partition coefficient (Wildman–Crippen LogP) is 3.06. The van der Waals surface area contributed by atoms with Gasteiger partial charge in [-0.1, -0.05) is 6.07 Å². The summed E-state index contributed by atoms with van der Waals surface area (Å²) in [6.45, 7) is 0. The molecular formula is C16H19N3O2. The summed E-state index contributed by atoms with van der Waals surface area (Å²) in [5.41, 5.74) is 7.42. The van der Waals surface area contributed by atoms with E-state index in [4.69, 9.17) is 15.2 Å². The van der Waals surface area contributed by atoms with Crippen LogP contribution in [0.1, 0.15) is 25.7 Å². The van der Waals surface area contributed by atoms with Crippen LogP contribution in [-0.4, -0.2) is 23.2 Å². The molecule has 0 atom stereocenters. The molecule has 0 radical (unpaired) electrons. The zero-order valence-corrected chi connectivity index (χ0v) is 12.1. The highest BCUT2D eigenvalue weighted by Crippen LogP contribution is 2.35. The summed E-state index contributed by atoms with van der Waals surface area (Å²) in [5.74, 6) is 1.80. The van der Waals surface area contributed by atoms with Crippen molar-refractivity contribution in [2.75, 3.05) is 12.8 Å². The molecule has 2 aromatic rings. The SMILES string of the molecule is COc1ccc(-c2cnc(N)nc2)cc1OC1CCCC1. The van der Waals surface area contributed by atoms with Crippen LogP contribution in [-0.2, 0) is 0 Å². The van der Waals surface area contributed by atoms with Gasteiger partial charge >= 0.3 is 0 Å². The Kier molecular flexibility index (Phi) is 3.90. The first-order chi connectivity index (χ1) is 10.3. The van der Waals surface area contributed by atoms with Crippen molar-refractivity contribution < 1.29 is 9.47 Å². The minimum Gasteiger partial charge on any atom is -0.493 e. The maximum atomic E-state index is 6.09. The molecule has 0 spiro atoms. The summed E-state index contributed by atoms with van der Waals surface area (Å²) in [6.07, 6.45) is 8.40. The number of benzene rings is 1. The van der Waals surface area contributed by atoms with E-state index in [2.05, 4.69) is 9.97 Å². The number of ether oxygens (including phenoxy) is 2. The van der Waals surface area contributed by atoms with Gasteiger partial charge in [-0.3, -0.25) is 0 Å². The molecule has 2 N–H and O–H groups in total. The number of hydrogen-bond donors (Lipinski definition) is 1. The lowest BCUT2D eigenvalue weighted by atomic mass is 10.1. The fourth-order valence-electron chi connectivity index (χ4n) is 2.62. The van der Waals surface area contributed by atoms with Crippen LogP contribution in [0.3, 0.4) is 0 Å². The van der Waals surface area contributed by atoms with E-state index in [9.17, 15) is 0 Å². The number of aromatic nitrogens is 2. The second-order valence-corrected chi connectivity index (χ2v) is 5.22. The van der Waals surface area contributed by atoms with E-state index in [1.807, 2.05) is 18.2 Å². The summed E-state index contributed by atoms with van der Waals surface area (Å²) < 4.78 is 11.5. The quantitative estimate of drug-likeness (QED) is 0.934. The summed E-state index contributed by atoms with van der Waals surface area (Å²) in [4.78, 5) is 8.05. The molecule has 21 heavy (non-hydrogen) atoms. The number of rotatable bonds is 4. The average molecular weight is 285 g/mol. The second kappa shape index (κ2) is 5.99. The number of methoxy groups -OCH3 is 1. The van der Waals surface area contributed by atoms with E-state index in [-0.39, 0.29) is 12.1 Å². The van der Waals surface area contributed by atoms with Crippen LogP contribution in [0.15, 0.2) is 30.6 Å². The van der Waals surface area contributed by atoms with E-state index in [0.29, 0.717) is 0 Å². The molecular weight excluding hydrogens is 266 g/mol. The Hall–Kier alpha value is -2.30. The van der Waals surface area contributed by atoms with Crippen molar-refractivity contribution in [2.45, 2.75) is 31.8 Å². The molecule has 3 rings (SSSR count). The van der Waals surface area contributed by atoms with Gasteiger partial charge in [-0.25, -0.2) is 9.97 Å². The molecule has 1 aromatic heterocycles. The van der Waals surface area contributed by atoms with Crippen molar-refractivity contribution in [3.8, 4) is 22.6 Å². The molecule has 0 amide bonds. The smallest absolute Gasteiger partial charge is 0.219 e. The van der Waals surface area contributed by atoms with Crippen LogP contribution < -0.4 is 15.2 Å². The largest absolute Gasteiger partial charge is 0.493 e. The van der Waals surface area contributed by atoms with E-state index < -0.39 is 0 Å². The van der Waals surface area contributed by atoms with Gasteiger partial charge in [0.15, 0.2) is 11.5 Å². The predicted molar refractivity (Wildman–Crippen MR) is 81.3 cm³/mol. The van der Waals surface area contributed by atoms with Crippen LogP contribution >= 0.6 is 0 Å².